The van der Waals surface area contributed by atoms with Crippen molar-refractivity contribution in [3.63, 3.8) is 0 Å². The quantitative estimate of drug-likeness (QED) is 0.236. The second-order valence-electron chi connectivity index (χ2n) is 9.58. The van der Waals surface area contributed by atoms with E-state index in [1.54, 1.807) is 7.11 Å². The van der Waals surface area contributed by atoms with Crippen molar-refractivity contribution in [3.8, 4) is 23.1 Å². The Morgan fingerprint density at radius 3 is 1.97 bits per heavy atom. The van der Waals surface area contributed by atoms with E-state index in [0.717, 1.165) is 17.0 Å². The summed E-state index contributed by atoms with van der Waals surface area (Å²) in [5.41, 5.74) is 4.27. The number of benzene rings is 2. The lowest BCUT2D eigenvalue weighted by Gasteiger charge is -2.34. The smallest absolute Gasteiger partial charge is 0.296 e. The molecule has 172 valence electrons. The number of methoxy groups -OCH3 is 1. The summed E-state index contributed by atoms with van der Waals surface area (Å²) < 4.78 is 18.2. The average Bonchev–Trinajstić information content (AvgIpc) is 3.13. The Kier molecular flexibility index (Phi) is 7.84. The minimum absolute atomic E-state index is 0.114. The number of rotatable bonds is 9. The predicted molar refractivity (Wildman–Crippen MR) is 138 cm³/mol. The van der Waals surface area contributed by atoms with E-state index in [4.69, 9.17) is 18.6 Å². The standard InChI is InChI=1S/C26H36NO3PSi/c1-18(2)31(19(3)4)24(20-14-16-22(28-5)17-15-20)23-26(30-32(6,7)8)29-25(27-23)21-12-10-9-11-13-21/h9-19,24H,1-8H3. The third-order valence-corrected chi connectivity index (χ3v) is 9.54. The van der Waals surface area contributed by atoms with Gasteiger partial charge in [0.25, 0.3) is 5.95 Å². The SMILES string of the molecule is COc1ccc(C(c2nc(-c3ccccc3)oc2O[Si](C)(C)C)P(C(C)C)C(C)C)cc1. The third-order valence-electron chi connectivity index (χ3n) is 5.22. The Labute approximate surface area is 195 Å². The Bertz CT molecular complexity index is 986. The first kappa shape index (κ1) is 24.5. The minimum Gasteiger partial charge on any atom is -0.518 e. The predicted octanol–water partition coefficient (Wildman–Crippen LogP) is 7.95. The van der Waals surface area contributed by atoms with Crippen molar-refractivity contribution in [2.75, 3.05) is 7.11 Å². The summed E-state index contributed by atoms with van der Waals surface area (Å²) >= 11 is 0. The van der Waals surface area contributed by atoms with Gasteiger partial charge in [-0.15, -0.1) is 0 Å². The zero-order chi connectivity index (χ0) is 23.5. The van der Waals surface area contributed by atoms with Crippen LogP contribution in [-0.4, -0.2) is 31.7 Å². The molecular weight excluding hydrogens is 433 g/mol. The normalized spacial score (nSPS) is 13.1. The fourth-order valence-electron chi connectivity index (χ4n) is 4.00. The van der Waals surface area contributed by atoms with Crippen LogP contribution in [0.3, 0.4) is 0 Å². The molecule has 0 spiro atoms. The van der Waals surface area contributed by atoms with Gasteiger partial charge in [-0.05, 0) is 60.8 Å². The van der Waals surface area contributed by atoms with Gasteiger partial charge in [-0.1, -0.05) is 65.9 Å². The van der Waals surface area contributed by atoms with Crippen molar-refractivity contribution in [1.82, 2.24) is 4.98 Å². The van der Waals surface area contributed by atoms with Crippen molar-refractivity contribution < 1.29 is 13.6 Å². The molecule has 3 aromatic rings. The van der Waals surface area contributed by atoms with E-state index in [1.807, 2.05) is 42.5 Å². The van der Waals surface area contributed by atoms with E-state index in [9.17, 15) is 0 Å². The van der Waals surface area contributed by atoms with Gasteiger partial charge in [0.2, 0.25) is 14.2 Å². The van der Waals surface area contributed by atoms with Crippen LogP contribution in [0.2, 0.25) is 19.6 Å². The van der Waals surface area contributed by atoms with E-state index < -0.39 is 16.2 Å². The molecule has 4 nitrogen and oxygen atoms in total. The molecule has 0 amide bonds. The molecule has 0 aliphatic heterocycles. The van der Waals surface area contributed by atoms with Gasteiger partial charge in [-0.25, -0.2) is 4.98 Å². The lowest BCUT2D eigenvalue weighted by molar-refractivity contribution is 0.388. The summed E-state index contributed by atoms with van der Waals surface area (Å²) in [6, 6.07) is 18.5. The Morgan fingerprint density at radius 2 is 1.47 bits per heavy atom. The van der Waals surface area contributed by atoms with Crippen molar-refractivity contribution in [2.24, 2.45) is 0 Å². The van der Waals surface area contributed by atoms with Crippen LogP contribution in [0.15, 0.2) is 59.0 Å². The second-order valence-corrected chi connectivity index (χ2v) is 17.5. The van der Waals surface area contributed by atoms with Crippen LogP contribution in [0.4, 0.5) is 0 Å². The molecule has 0 aliphatic carbocycles. The van der Waals surface area contributed by atoms with Crippen LogP contribution >= 0.6 is 7.92 Å². The van der Waals surface area contributed by atoms with Crippen LogP contribution in [-0.2, 0) is 0 Å². The Morgan fingerprint density at radius 1 is 0.875 bits per heavy atom. The molecule has 0 saturated carbocycles. The Balaban J connectivity index is 2.22. The summed E-state index contributed by atoms with van der Waals surface area (Å²) in [6.45, 7) is 15.8. The maximum atomic E-state index is 6.49. The van der Waals surface area contributed by atoms with Gasteiger partial charge in [0.05, 0.1) is 12.8 Å². The van der Waals surface area contributed by atoms with Gasteiger partial charge >= 0.3 is 0 Å². The summed E-state index contributed by atoms with van der Waals surface area (Å²) in [5, 5.41) is 0. The first-order chi connectivity index (χ1) is 15.1. The molecule has 6 heteroatoms. The number of oxazole rings is 1. The van der Waals surface area contributed by atoms with Crippen LogP contribution in [0.25, 0.3) is 11.5 Å². The van der Waals surface area contributed by atoms with E-state index >= 15 is 0 Å². The molecule has 1 heterocycles. The highest BCUT2D eigenvalue weighted by Gasteiger charge is 2.36. The van der Waals surface area contributed by atoms with Gasteiger partial charge in [-0.2, -0.15) is 0 Å². The molecular formula is C26H36NO3PSi. The highest BCUT2D eigenvalue weighted by atomic mass is 31.1. The second kappa shape index (κ2) is 10.2. The third kappa shape index (κ3) is 5.82. The lowest BCUT2D eigenvalue weighted by atomic mass is 10.1. The van der Waals surface area contributed by atoms with E-state index in [-0.39, 0.29) is 5.66 Å². The summed E-state index contributed by atoms with van der Waals surface area (Å²) in [5.74, 6) is 2.06. The lowest BCUT2D eigenvalue weighted by Crippen LogP contribution is -2.29. The number of hydrogen-bond donors (Lipinski definition) is 0. The summed E-state index contributed by atoms with van der Waals surface area (Å²) in [4.78, 5) is 5.09. The fourth-order valence-corrected chi connectivity index (χ4v) is 8.05. The number of hydrogen-bond acceptors (Lipinski definition) is 4. The average molecular weight is 470 g/mol. The first-order valence-electron chi connectivity index (χ1n) is 11.3. The van der Waals surface area contributed by atoms with Gasteiger partial charge < -0.3 is 13.6 Å². The first-order valence-corrected chi connectivity index (χ1v) is 16.2. The largest absolute Gasteiger partial charge is 0.518 e. The summed E-state index contributed by atoms with van der Waals surface area (Å²) in [7, 11) is -0.664. The molecule has 3 rings (SSSR count). The molecule has 0 radical (unpaired) electrons. The molecule has 0 N–H and O–H groups in total. The summed E-state index contributed by atoms with van der Waals surface area (Å²) in [6.07, 6.45) is 0. The highest BCUT2D eigenvalue weighted by Crippen LogP contribution is 2.62. The molecule has 1 atom stereocenters. The van der Waals surface area contributed by atoms with E-state index in [1.165, 1.54) is 5.56 Å². The zero-order valence-corrected chi connectivity index (χ0v) is 22.4. The fraction of sp³-hybridized carbons (Fsp3) is 0.423. The van der Waals surface area contributed by atoms with Crippen molar-refractivity contribution in [3.05, 3.63) is 65.9 Å². The van der Waals surface area contributed by atoms with Gasteiger partial charge in [0, 0.05) is 5.56 Å². The number of nitrogens with zero attached hydrogens (tertiary/aromatic N) is 1. The van der Waals surface area contributed by atoms with Gasteiger partial charge in [0.1, 0.15) is 11.4 Å². The zero-order valence-electron chi connectivity index (χ0n) is 20.5. The monoisotopic (exact) mass is 469 g/mol. The topological polar surface area (TPSA) is 44.5 Å². The number of aromatic nitrogens is 1. The molecule has 0 saturated heterocycles. The molecule has 1 unspecified atom stereocenters. The molecule has 2 aromatic carbocycles. The van der Waals surface area contributed by atoms with Gasteiger partial charge in [-0.3, -0.25) is 0 Å². The highest BCUT2D eigenvalue weighted by molar-refractivity contribution is 7.59. The van der Waals surface area contributed by atoms with E-state index in [2.05, 4.69) is 59.5 Å². The molecule has 1 aromatic heterocycles. The Hall–Kier alpha value is -2.10. The van der Waals surface area contributed by atoms with Gasteiger partial charge in [0.15, 0.2) is 0 Å². The van der Waals surface area contributed by atoms with Crippen LogP contribution < -0.4 is 9.16 Å². The number of ether oxygens (including phenoxy) is 1. The minimum atomic E-state index is -1.91. The molecule has 32 heavy (non-hydrogen) atoms. The molecule has 0 aliphatic rings. The van der Waals surface area contributed by atoms with Crippen LogP contribution in [0.5, 0.6) is 11.7 Å². The molecule has 0 bridgehead atoms. The van der Waals surface area contributed by atoms with Crippen LogP contribution in [0, 0.1) is 0 Å². The van der Waals surface area contributed by atoms with Crippen molar-refractivity contribution in [2.45, 2.75) is 64.3 Å². The van der Waals surface area contributed by atoms with E-state index in [0.29, 0.717) is 23.2 Å². The van der Waals surface area contributed by atoms with Crippen molar-refractivity contribution in [1.29, 1.82) is 0 Å². The maximum Gasteiger partial charge on any atom is 0.296 e. The van der Waals surface area contributed by atoms with Crippen molar-refractivity contribution >= 4 is 16.2 Å². The molecule has 0 fully saturated rings. The maximum absolute atomic E-state index is 6.49. The van der Waals surface area contributed by atoms with Crippen LogP contribution in [0.1, 0.15) is 44.6 Å².